The van der Waals surface area contributed by atoms with Gasteiger partial charge in [-0.15, -0.1) is 0 Å². The van der Waals surface area contributed by atoms with Crippen molar-refractivity contribution in [3.63, 3.8) is 0 Å². The smallest absolute Gasteiger partial charge is 0.133 e. The highest BCUT2D eigenvalue weighted by Crippen LogP contribution is 2.25. The second kappa shape index (κ2) is 7.58. The molecule has 0 amide bonds. The molecule has 2 aromatic rings. The summed E-state index contributed by atoms with van der Waals surface area (Å²) in [6.45, 7) is 10.1. The largest absolute Gasteiger partial charge is 0.496 e. The van der Waals surface area contributed by atoms with Crippen molar-refractivity contribution in [3.05, 3.63) is 57.6 Å². The monoisotopic (exact) mass is 389 g/mol. The van der Waals surface area contributed by atoms with Gasteiger partial charge in [0.25, 0.3) is 0 Å². The van der Waals surface area contributed by atoms with E-state index in [2.05, 4.69) is 65.0 Å². The Balaban J connectivity index is 1.61. The quantitative estimate of drug-likeness (QED) is 0.865. The third-order valence-electron chi connectivity index (χ3n) is 5.06. The minimum absolute atomic E-state index is 0.897. The lowest BCUT2D eigenvalue weighted by Gasteiger charge is -2.34. The van der Waals surface area contributed by atoms with E-state index in [1.165, 1.54) is 35.5 Å². The van der Waals surface area contributed by atoms with Crippen molar-refractivity contribution in [2.75, 3.05) is 38.2 Å². The number of ether oxygens (including phenoxy) is 1. The highest BCUT2D eigenvalue weighted by molar-refractivity contribution is 9.10. The Labute approximate surface area is 153 Å². The number of methoxy groups -OCH3 is 1. The number of hydrogen-bond acceptors (Lipinski definition) is 2. The van der Waals surface area contributed by atoms with Crippen LogP contribution in [0.2, 0.25) is 0 Å². The van der Waals surface area contributed by atoms with Crippen molar-refractivity contribution in [2.45, 2.75) is 20.4 Å². The second-order valence-corrected chi connectivity index (χ2v) is 7.46. The first-order valence-electron chi connectivity index (χ1n) is 8.55. The molecule has 1 aliphatic rings. The summed E-state index contributed by atoms with van der Waals surface area (Å²) in [5.41, 5.74) is 5.56. The summed E-state index contributed by atoms with van der Waals surface area (Å²) in [5, 5.41) is 0. The van der Waals surface area contributed by atoms with Gasteiger partial charge in [0.05, 0.1) is 37.8 Å². The van der Waals surface area contributed by atoms with Gasteiger partial charge < -0.3 is 14.5 Å². The van der Waals surface area contributed by atoms with Crippen molar-refractivity contribution in [1.29, 1.82) is 0 Å². The molecule has 0 aliphatic carbocycles. The maximum absolute atomic E-state index is 5.31. The Morgan fingerprint density at radius 3 is 2.54 bits per heavy atom. The molecule has 24 heavy (non-hydrogen) atoms. The second-order valence-electron chi connectivity index (χ2n) is 6.60. The van der Waals surface area contributed by atoms with Crippen LogP contribution in [0.15, 0.2) is 40.9 Å². The summed E-state index contributed by atoms with van der Waals surface area (Å²) in [7, 11) is 1.71. The molecule has 0 radical (unpaired) electrons. The van der Waals surface area contributed by atoms with Gasteiger partial charge in [-0.1, -0.05) is 12.1 Å². The Morgan fingerprint density at radius 1 is 1.12 bits per heavy atom. The minimum atomic E-state index is 0.897. The first kappa shape index (κ1) is 17.3. The van der Waals surface area contributed by atoms with Crippen LogP contribution in [-0.2, 0) is 6.54 Å². The van der Waals surface area contributed by atoms with Gasteiger partial charge in [0.2, 0.25) is 0 Å². The Kier molecular flexibility index (Phi) is 5.47. The standard InChI is InChI=1S/C20H25BrN2O/c1-15-5-4-6-19(16(15)2)23-11-9-22(10-12-23)14-17-7-8-20(24-3)18(21)13-17/h4-8,13H,9-12,14H2,1-3H3/p+1. The van der Waals surface area contributed by atoms with Crippen molar-refractivity contribution in [3.8, 4) is 5.75 Å². The van der Waals surface area contributed by atoms with Crippen LogP contribution in [0.25, 0.3) is 0 Å². The highest BCUT2D eigenvalue weighted by Gasteiger charge is 2.21. The van der Waals surface area contributed by atoms with E-state index in [-0.39, 0.29) is 0 Å². The van der Waals surface area contributed by atoms with Gasteiger partial charge >= 0.3 is 0 Å². The summed E-state index contributed by atoms with van der Waals surface area (Å²) in [5.74, 6) is 0.897. The van der Waals surface area contributed by atoms with Crippen molar-refractivity contribution >= 4 is 21.6 Å². The maximum atomic E-state index is 5.31. The number of aryl methyl sites for hydroxylation is 1. The number of anilines is 1. The van der Waals surface area contributed by atoms with Crippen molar-refractivity contribution < 1.29 is 9.64 Å². The van der Waals surface area contributed by atoms with Crippen LogP contribution in [0.3, 0.4) is 0 Å². The highest BCUT2D eigenvalue weighted by atomic mass is 79.9. The number of nitrogens with zero attached hydrogens (tertiary/aromatic N) is 1. The summed E-state index contributed by atoms with van der Waals surface area (Å²) >= 11 is 3.58. The molecule has 128 valence electrons. The number of rotatable bonds is 4. The first-order chi connectivity index (χ1) is 11.6. The van der Waals surface area contributed by atoms with Crippen molar-refractivity contribution in [2.24, 2.45) is 0 Å². The van der Waals surface area contributed by atoms with E-state index in [0.717, 1.165) is 29.9 Å². The third-order valence-corrected chi connectivity index (χ3v) is 5.68. The Bertz CT molecular complexity index is 709. The molecule has 1 N–H and O–H groups in total. The van der Waals surface area contributed by atoms with Gasteiger partial charge in [-0.2, -0.15) is 0 Å². The molecule has 3 rings (SSSR count). The Hall–Kier alpha value is -1.52. The molecule has 0 spiro atoms. The van der Waals surface area contributed by atoms with Crippen LogP contribution >= 0.6 is 15.9 Å². The molecule has 1 fully saturated rings. The van der Waals surface area contributed by atoms with Crippen LogP contribution in [0, 0.1) is 13.8 Å². The number of hydrogen-bond donors (Lipinski definition) is 1. The lowest BCUT2D eigenvalue weighted by atomic mass is 10.1. The van der Waals surface area contributed by atoms with E-state index in [1.54, 1.807) is 12.0 Å². The predicted octanol–water partition coefficient (Wildman–Crippen LogP) is 2.98. The van der Waals surface area contributed by atoms with Gasteiger partial charge in [0.1, 0.15) is 12.3 Å². The molecule has 0 saturated carbocycles. The number of quaternary nitrogens is 1. The molecule has 3 nitrogen and oxygen atoms in total. The molecular weight excluding hydrogens is 364 g/mol. The van der Waals surface area contributed by atoms with E-state index >= 15 is 0 Å². The summed E-state index contributed by atoms with van der Waals surface area (Å²) in [6, 6.07) is 13.0. The van der Waals surface area contributed by atoms with Crippen LogP contribution < -0.4 is 14.5 Å². The van der Waals surface area contributed by atoms with Crippen LogP contribution in [0.4, 0.5) is 5.69 Å². The molecule has 1 aliphatic heterocycles. The van der Waals surface area contributed by atoms with E-state index in [4.69, 9.17) is 4.74 Å². The van der Waals surface area contributed by atoms with Gasteiger partial charge in [0.15, 0.2) is 0 Å². The first-order valence-corrected chi connectivity index (χ1v) is 9.35. The normalized spacial score (nSPS) is 15.6. The van der Waals surface area contributed by atoms with Gasteiger partial charge in [-0.25, -0.2) is 0 Å². The van der Waals surface area contributed by atoms with Gasteiger partial charge in [0, 0.05) is 11.3 Å². The topological polar surface area (TPSA) is 16.9 Å². The fourth-order valence-corrected chi connectivity index (χ4v) is 4.02. The van der Waals surface area contributed by atoms with E-state index in [9.17, 15) is 0 Å². The average molecular weight is 390 g/mol. The zero-order valence-corrected chi connectivity index (χ0v) is 16.3. The molecule has 0 bridgehead atoms. The molecule has 0 atom stereocenters. The van der Waals surface area contributed by atoms with Crippen LogP contribution in [0.5, 0.6) is 5.75 Å². The van der Waals surface area contributed by atoms with E-state index in [0.29, 0.717) is 0 Å². The summed E-state index contributed by atoms with van der Waals surface area (Å²) in [4.78, 5) is 4.18. The molecular formula is C20H26BrN2O+. The van der Waals surface area contributed by atoms with E-state index < -0.39 is 0 Å². The molecule has 4 heteroatoms. The minimum Gasteiger partial charge on any atom is -0.496 e. The molecule has 1 saturated heterocycles. The average Bonchev–Trinajstić information content (AvgIpc) is 2.58. The molecule has 2 aromatic carbocycles. The number of benzene rings is 2. The van der Waals surface area contributed by atoms with E-state index in [1.807, 2.05) is 6.07 Å². The van der Waals surface area contributed by atoms with Crippen LogP contribution in [0.1, 0.15) is 16.7 Å². The third kappa shape index (κ3) is 3.76. The molecule has 1 heterocycles. The fraction of sp³-hybridized carbons (Fsp3) is 0.400. The summed E-state index contributed by atoms with van der Waals surface area (Å²) in [6.07, 6.45) is 0. The molecule has 0 unspecified atom stereocenters. The SMILES string of the molecule is COc1ccc(C[NH+]2CCN(c3cccc(C)c3C)CC2)cc1Br. The van der Waals surface area contributed by atoms with Crippen molar-refractivity contribution in [1.82, 2.24) is 0 Å². The predicted molar refractivity (Wildman–Crippen MR) is 103 cm³/mol. The van der Waals surface area contributed by atoms with Crippen LogP contribution in [-0.4, -0.2) is 33.3 Å². The zero-order chi connectivity index (χ0) is 17.1. The Morgan fingerprint density at radius 2 is 1.88 bits per heavy atom. The zero-order valence-electron chi connectivity index (χ0n) is 14.7. The molecule has 0 aromatic heterocycles. The van der Waals surface area contributed by atoms with Gasteiger partial charge in [-0.05, 0) is 65.2 Å². The number of nitrogens with one attached hydrogen (secondary N) is 1. The number of halogens is 1. The van der Waals surface area contributed by atoms with Gasteiger partial charge in [-0.3, -0.25) is 0 Å². The lowest BCUT2D eigenvalue weighted by Crippen LogP contribution is -3.13. The fourth-order valence-electron chi connectivity index (χ4n) is 3.43. The number of piperazine rings is 1. The maximum Gasteiger partial charge on any atom is 0.133 e. The lowest BCUT2D eigenvalue weighted by molar-refractivity contribution is -0.914. The summed E-state index contributed by atoms with van der Waals surface area (Å²) < 4.78 is 6.35.